The second-order valence-corrected chi connectivity index (χ2v) is 9.13. The number of sulfonamides is 1. The SMILES string of the molecule is Cc1cc(NS(=O)(=O)c2ccc(NC(=O)c3ccc(Cn4cc(Br)cn4)o3)cc2)no1. The van der Waals surface area contributed by atoms with Gasteiger partial charge in [0, 0.05) is 18.0 Å². The molecule has 10 nitrogen and oxygen atoms in total. The summed E-state index contributed by atoms with van der Waals surface area (Å²) in [7, 11) is -3.84. The van der Waals surface area contributed by atoms with Gasteiger partial charge in [0.25, 0.3) is 15.9 Å². The number of carbonyl (C=O) groups excluding carboxylic acids is 1. The van der Waals surface area contributed by atoms with Crippen molar-refractivity contribution in [2.75, 3.05) is 10.0 Å². The minimum atomic E-state index is -3.84. The number of aromatic nitrogens is 3. The third-order valence-corrected chi connectivity index (χ3v) is 5.87. The van der Waals surface area contributed by atoms with Crippen molar-refractivity contribution in [1.82, 2.24) is 14.9 Å². The van der Waals surface area contributed by atoms with Gasteiger partial charge in [-0.25, -0.2) is 8.42 Å². The number of nitrogens with one attached hydrogen (secondary N) is 2. The Morgan fingerprint density at radius 1 is 1.19 bits per heavy atom. The standard InChI is InChI=1S/C19H16BrN5O5S/c1-12-8-18(23-30-12)24-31(27,28)16-5-2-14(3-6-16)22-19(26)17-7-4-15(29-17)11-25-10-13(20)9-21-25/h2-10H,11H2,1H3,(H,22,26)(H,23,24). The van der Waals surface area contributed by atoms with Crippen molar-refractivity contribution in [2.45, 2.75) is 18.4 Å². The van der Waals surface area contributed by atoms with Gasteiger partial charge in [-0.1, -0.05) is 5.16 Å². The van der Waals surface area contributed by atoms with Crippen LogP contribution in [-0.2, 0) is 16.6 Å². The van der Waals surface area contributed by atoms with Gasteiger partial charge in [-0.3, -0.25) is 14.2 Å². The summed E-state index contributed by atoms with van der Waals surface area (Å²) in [5.74, 6) is 0.803. The fourth-order valence-corrected chi connectivity index (χ4v) is 4.00. The lowest BCUT2D eigenvalue weighted by molar-refractivity contribution is 0.0994. The van der Waals surface area contributed by atoms with Crippen LogP contribution in [0.15, 0.2) is 73.2 Å². The Morgan fingerprint density at radius 2 is 1.97 bits per heavy atom. The van der Waals surface area contributed by atoms with Crippen LogP contribution in [0.3, 0.4) is 0 Å². The van der Waals surface area contributed by atoms with E-state index < -0.39 is 15.9 Å². The number of aryl methyl sites for hydroxylation is 1. The van der Waals surface area contributed by atoms with E-state index in [4.69, 9.17) is 8.94 Å². The molecular weight excluding hydrogens is 490 g/mol. The van der Waals surface area contributed by atoms with Crippen molar-refractivity contribution in [1.29, 1.82) is 0 Å². The molecule has 0 spiro atoms. The minimum absolute atomic E-state index is 0.0109. The smallest absolute Gasteiger partial charge is 0.291 e. The van der Waals surface area contributed by atoms with Crippen molar-refractivity contribution >= 4 is 43.4 Å². The molecule has 12 heteroatoms. The molecule has 0 unspecified atom stereocenters. The van der Waals surface area contributed by atoms with Gasteiger partial charge in [0.2, 0.25) is 0 Å². The lowest BCUT2D eigenvalue weighted by atomic mass is 10.3. The first-order valence-corrected chi connectivity index (χ1v) is 11.2. The molecule has 0 fully saturated rings. The number of halogens is 1. The zero-order valence-electron chi connectivity index (χ0n) is 16.1. The lowest BCUT2D eigenvalue weighted by Crippen LogP contribution is -2.14. The van der Waals surface area contributed by atoms with Gasteiger partial charge in [0.05, 0.1) is 22.1 Å². The van der Waals surface area contributed by atoms with Gasteiger partial charge >= 0.3 is 0 Å². The normalized spacial score (nSPS) is 11.4. The van der Waals surface area contributed by atoms with Gasteiger partial charge < -0.3 is 14.3 Å². The van der Waals surface area contributed by atoms with E-state index in [0.717, 1.165) is 4.47 Å². The molecule has 0 atom stereocenters. The molecular formula is C19H16BrN5O5S. The molecule has 1 amide bonds. The molecule has 4 aromatic rings. The van der Waals surface area contributed by atoms with E-state index >= 15 is 0 Å². The van der Waals surface area contributed by atoms with Gasteiger partial charge in [0.15, 0.2) is 11.6 Å². The first-order chi connectivity index (χ1) is 14.8. The van der Waals surface area contributed by atoms with Crippen molar-refractivity contribution in [3.8, 4) is 0 Å². The van der Waals surface area contributed by atoms with Crippen LogP contribution < -0.4 is 10.0 Å². The van der Waals surface area contributed by atoms with Crippen molar-refractivity contribution in [3.63, 3.8) is 0 Å². The highest BCUT2D eigenvalue weighted by Crippen LogP contribution is 2.19. The highest BCUT2D eigenvalue weighted by atomic mass is 79.9. The second kappa shape index (κ2) is 8.40. The third kappa shape index (κ3) is 5.03. The molecule has 31 heavy (non-hydrogen) atoms. The van der Waals surface area contributed by atoms with Gasteiger partial charge in [-0.2, -0.15) is 5.10 Å². The van der Waals surface area contributed by atoms with E-state index in [-0.39, 0.29) is 16.5 Å². The average molecular weight is 506 g/mol. The van der Waals surface area contributed by atoms with Crippen LogP contribution in [0.2, 0.25) is 0 Å². The largest absolute Gasteiger partial charge is 0.454 e. The van der Waals surface area contributed by atoms with Crippen molar-refractivity contribution < 1.29 is 22.2 Å². The van der Waals surface area contributed by atoms with E-state index in [1.165, 1.54) is 30.3 Å². The Morgan fingerprint density at radius 3 is 2.61 bits per heavy atom. The summed E-state index contributed by atoms with van der Waals surface area (Å²) in [6, 6.07) is 10.4. The lowest BCUT2D eigenvalue weighted by Gasteiger charge is -2.07. The number of hydrogen-bond donors (Lipinski definition) is 2. The molecule has 0 aliphatic heterocycles. The molecule has 160 valence electrons. The number of rotatable bonds is 7. The number of hydrogen-bond acceptors (Lipinski definition) is 7. The van der Waals surface area contributed by atoms with Crippen molar-refractivity contribution in [2.24, 2.45) is 0 Å². The maximum Gasteiger partial charge on any atom is 0.291 e. The quantitative estimate of drug-likeness (QED) is 0.391. The Balaban J connectivity index is 1.40. The number of anilines is 2. The molecule has 0 aliphatic carbocycles. The molecule has 0 saturated carbocycles. The van der Waals surface area contributed by atoms with Crippen molar-refractivity contribution in [3.05, 3.63) is 76.6 Å². The number of amides is 1. The van der Waals surface area contributed by atoms with Crippen LogP contribution >= 0.6 is 15.9 Å². The second-order valence-electron chi connectivity index (χ2n) is 6.53. The third-order valence-electron chi connectivity index (χ3n) is 4.09. The topological polar surface area (TPSA) is 132 Å². The molecule has 3 heterocycles. The number of furan rings is 1. The van der Waals surface area contributed by atoms with Gasteiger partial charge in [0.1, 0.15) is 11.5 Å². The number of benzene rings is 1. The summed E-state index contributed by atoms with van der Waals surface area (Å²) in [5, 5.41) is 10.4. The Hall–Kier alpha value is -3.38. The van der Waals surface area contributed by atoms with Gasteiger partial charge in [-0.05, 0) is 59.3 Å². The maximum atomic E-state index is 12.4. The summed E-state index contributed by atoms with van der Waals surface area (Å²) < 4.78 is 40.1. The predicted octanol–water partition coefficient (Wildman–Crippen LogP) is 3.64. The maximum absolute atomic E-state index is 12.4. The molecule has 4 rings (SSSR count). The minimum Gasteiger partial charge on any atom is -0.454 e. The van der Waals surface area contributed by atoms with Crippen LogP contribution in [0.1, 0.15) is 22.1 Å². The zero-order chi connectivity index (χ0) is 22.0. The first kappa shape index (κ1) is 20.9. The summed E-state index contributed by atoms with van der Waals surface area (Å²) in [5.41, 5.74) is 0.412. The van der Waals surface area contributed by atoms with Crippen LogP contribution in [0, 0.1) is 6.92 Å². The fourth-order valence-electron chi connectivity index (χ4n) is 2.69. The summed E-state index contributed by atoms with van der Waals surface area (Å²) in [6.07, 6.45) is 3.44. The van der Waals surface area contributed by atoms with E-state index in [1.54, 1.807) is 36.1 Å². The summed E-state index contributed by atoms with van der Waals surface area (Å²) in [4.78, 5) is 12.4. The van der Waals surface area contributed by atoms with E-state index in [2.05, 4.69) is 36.2 Å². The molecule has 2 N–H and O–H groups in total. The molecule has 0 radical (unpaired) electrons. The predicted molar refractivity (Wildman–Crippen MR) is 114 cm³/mol. The first-order valence-electron chi connectivity index (χ1n) is 8.93. The fraction of sp³-hybridized carbons (Fsp3) is 0.105. The van der Waals surface area contributed by atoms with E-state index in [9.17, 15) is 13.2 Å². The molecule has 0 bridgehead atoms. The highest BCUT2D eigenvalue weighted by Gasteiger charge is 2.17. The van der Waals surface area contributed by atoms with Crippen LogP contribution in [-0.4, -0.2) is 29.3 Å². The molecule has 0 saturated heterocycles. The molecule has 3 aromatic heterocycles. The Bertz CT molecular complexity index is 1320. The number of carbonyl (C=O) groups is 1. The molecule has 0 aliphatic rings. The van der Waals surface area contributed by atoms with E-state index in [1.807, 2.05) is 0 Å². The summed E-state index contributed by atoms with van der Waals surface area (Å²) in [6.45, 7) is 2.03. The highest BCUT2D eigenvalue weighted by molar-refractivity contribution is 9.10. The molecule has 1 aromatic carbocycles. The summed E-state index contributed by atoms with van der Waals surface area (Å²) >= 11 is 3.32. The Labute approximate surface area is 185 Å². The number of nitrogens with zero attached hydrogens (tertiary/aromatic N) is 3. The van der Waals surface area contributed by atoms with E-state index in [0.29, 0.717) is 23.8 Å². The average Bonchev–Trinajstić information content (AvgIpc) is 3.45. The van der Waals surface area contributed by atoms with Crippen LogP contribution in [0.5, 0.6) is 0 Å². The zero-order valence-corrected chi connectivity index (χ0v) is 18.5. The van der Waals surface area contributed by atoms with Crippen LogP contribution in [0.25, 0.3) is 0 Å². The van der Waals surface area contributed by atoms with Gasteiger partial charge in [-0.15, -0.1) is 0 Å². The van der Waals surface area contributed by atoms with Crippen LogP contribution in [0.4, 0.5) is 11.5 Å². The Kier molecular flexibility index (Phi) is 5.65. The monoisotopic (exact) mass is 505 g/mol.